The molecule has 0 amide bonds. The summed E-state index contributed by atoms with van der Waals surface area (Å²) >= 11 is 0. The number of halogens is 1. The molecule has 1 unspecified atom stereocenters. The number of hydrogen-bond donors (Lipinski definition) is 2. The molecule has 2 rings (SSSR count). The molecular weight excluding hydrogens is 441 g/mol. The van der Waals surface area contributed by atoms with E-state index < -0.39 is 0 Å². The monoisotopic (exact) mass is 475 g/mol. The topological polar surface area (TPSA) is 61.8 Å². The van der Waals surface area contributed by atoms with Gasteiger partial charge < -0.3 is 20.3 Å². The van der Waals surface area contributed by atoms with E-state index in [2.05, 4.69) is 32.4 Å². The van der Waals surface area contributed by atoms with E-state index in [1.807, 2.05) is 19.1 Å². The summed E-state index contributed by atoms with van der Waals surface area (Å²) < 4.78 is 5.44. The van der Waals surface area contributed by atoms with Crippen molar-refractivity contribution < 1.29 is 4.74 Å². The number of rotatable bonds is 8. The molecule has 0 radical (unpaired) electrons. The summed E-state index contributed by atoms with van der Waals surface area (Å²) in [5, 5.41) is 6.74. The molecule has 0 spiro atoms. The molecule has 1 aliphatic rings. The van der Waals surface area contributed by atoms with Gasteiger partial charge >= 0.3 is 0 Å². The zero-order chi connectivity index (χ0) is 17.9. The standard InChI is InChI=1S/C19H33N5O.HI/c1-4-25-18-14-17(9-11-21-18)15-23-19(20-3)22-10-7-13-24-12-6-5-8-16(24)2;/h9,11,14,16H,4-8,10,12-13,15H2,1-3H3,(H2,20,22,23);1H. The van der Waals surface area contributed by atoms with Crippen LogP contribution in [0.25, 0.3) is 0 Å². The highest BCUT2D eigenvalue weighted by molar-refractivity contribution is 14.0. The van der Waals surface area contributed by atoms with Crippen molar-refractivity contribution in [1.82, 2.24) is 20.5 Å². The fourth-order valence-electron chi connectivity index (χ4n) is 3.17. The van der Waals surface area contributed by atoms with Gasteiger partial charge in [0.25, 0.3) is 0 Å². The molecule has 1 fully saturated rings. The molecule has 26 heavy (non-hydrogen) atoms. The van der Waals surface area contributed by atoms with Crippen molar-refractivity contribution in [3.05, 3.63) is 23.9 Å². The van der Waals surface area contributed by atoms with E-state index in [4.69, 9.17) is 4.74 Å². The zero-order valence-electron chi connectivity index (χ0n) is 16.3. The van der Waals surface area contributed by atoms with E-state index in [1.165, 1.54) is 25.8 Å². The quantitative estimate of drug-likeness (QED) is 0.262. The minimum absolute atomic E-state index is 0. The first-order valence-electron chi connectivity index (χ1n) is 9.49. The zero-order valence-corrected chi connectivity index (χ0v) is 18.7. The smallest absolute Gasteiger partial charge is 0.213 e. The largest absolute Gasteiger partial charge is 0.478 e. The van der Waals surface area contributed by atoms with Gasteiger partial charge in [-0.2, -0.15) is 0 Å². The van der Waals surface area contributed by atoms with Gasteiger partial charge in [-0.15, -0.1) is 24.0 Å². The van der Waals surface area contributed by atoms with Crippen molar-refractivity contribution in [1.29, 1.82) is 0 Å². The SMILES string of the molecule is CCOc1cc(CNC(=NC)NCCCN2CCCCC2C)ccn1.I. The second-order valence-corrected chi connectivity index (χ2v) is 6.52. The Morgan fingerprint density at radius 3 is 2.96 bits per heavy atom. The van der Waals surface area contributed by atoms with Crippen molar-refractivity contribution in [3.8, 4) is 5.88 Å². The highest BCUT2D eigenvalue weighted by Crippen LogP contribution is 2.16. The first kappa shape index (κ1) is 23.0. The molecule has 7 heteroatoms. The van der Waals surface area contributed by atoms with Gasteiger partial charge in [0.1, 0.15) is 0 Å². The molecule has 0 bridgehead atoms. The lowest BCUT2D eigenvalue weighted by Crippen LogP contribution is -2.41. The van der Waals surface area contributed by atoms with Crippen molar-refractivity contribution in [2.24, 2.45) is 4.99 Å². The van der Waals surface area contributed by atoms with Gasteiger partial charge in [-0.3, -0.25) is 4.99 Å². The van der Waals surface area contributed by atoms with Crippen LogP contribution >= 0.6 is 24.0 Å². The number of nitrogens with one attached hydrogen (secondary N) is 2. The summed E-state index contributed by atoms with van der Waals surface area (Å²) in [6, 6.07) is 4.68. The van der Waals surface area contributed by atoms with E-state index >= 15 is 0 Å². The third-order valence-electron chi connectivity index (χ3n) is 4.63. The maximum Gasteiger partial charge on any atom is 0.213 e. The number of nitrogens with zero attached hydrogens (tertiary/aromatic N) is 3. The number of aromatic nitrogens is 1. The highest BCUT2D eigenvalue weighted by Gasteiger charge is 2.17. The maximum absolute atomic E-state index is 5.44. The predicted octanol–water partition coefficient (Wildman–Crippen LogP) is 3.03. The molecule has 2 heterocycles. The van der Waals surface area contributed by atoms with Crippen LogP contribution < -0.4 is 15.4 Å². The van der Waals surface area contributed by atoms with Crippen LogP contribution in [0.3, 0.4) is 0 Å². The molecule has 0 saturated carbocycles. The maximum atomic E-state index is 5.44. The molecule has 148 valence electrons. The molecule has 0 aliphatic carbocycles. The summed E-state index contributed by atoms with van der Waals surface area (Å²) in [5.74, 6) is 1.50. The minimum atomic E-state index is 0. The Kier molecular flexibility index (Phi) is 11.6. The van der Waals surface area contributed by atoms with Gasteiger partial charge in [0, 0.05) is 45.0 Å². The van der Waals surface area contributed by atoms with Crippen molar-refractivity contribution in [2.45, 2.75) is 52.1 Å². The normalized spacial score (nSPS) is 18.1. The van der Waals surface area contributed by atoms with Gasteiger partial charge in [0.05, 0.1) is 6.61 Å². The lowest BCUT2D eigenvalue weighted by atomic mass is 10.0. The molecule has 1 aromatic heterocycles. The number of piperidine rings is 1. The first-order valence-corrected chi connectivity index (χ1v) is 9.49. The third-order valence-corrected chi connectivity index (χ3v) is 4.63. The number of ether oxygens (including phenoxy) is 1. The van der Waals surface area contributed by atoms with E-state index in [-0.39, 0.29) is 24.0 Å². The number of likely N-dealkylation sites (tertiary alicyclic amines) is 1. The third kappa shape index (κ3) is 8.07. The van der Waals surface area contributed by atoms with Crippen LogP contribution in [0.15, 0.2) is 23.3 Å². The molecule has 2 N–H and O–H groups in total. The van der Waals surface area contributed by atoms with Crippen molar-refractivity contribution >= 4 is 29.9 Å². The predicted molar refractivity (Wildman–Crippen MR) is 119 cm³/mol. The van der Waals surface area contributed by atoms with Gasteiger partial charge in [-0.1, -0.05) is 6.42 Å². The van der Waals surface area contributed by atoms with E-state index in [0.717, 1.165) is 37.1 Å². The second kappa shape index (κ2) is 13.1. The number of aliphatic imine (C=N–C) groups is 1. The highest BCUT2D eigenvalue weighted by atomic mass is 127. The van der Waals surface area contributed by atoms with Crippen LogP contribution in [0, 0.1) is 0 Å². The van der Waals surface area contributed by atoms with E-state index in [1.54, 1.807) is 13.2 Å². The van der Waals surface area contributed by atoms with E-state index in [9.17, 15) is 0 Å². The Morgan fingerprint density at radius 2 is 2.23 bits per heavy atom. The number of pyridine rings is 1. The summed E-state index contributed by atoms with van der Waals surface area (Å²) in [6.07, 6.45) is 6.97. The number of guanidine groups is 1. The minimum Gasteiger partial charge on any atom is -0.478 e. The van der Waals surface area contributed by atoms with Crippen LogP contribution in [-0.4, -0.2) is 55.2 Å². The van der Waals surface area contributed by atoms with Gasteiger partial charge in [-0.25, -0.2) is 4.98 Å². The van der Waals surface area contributed by atoms with Crippen molar-refractivity contribution in [3.63, 3.8) is 0 Å². The first-order chi connectivity index (χ1) is 12.2. The lowest BCUT2D eigenvalue weighted by Gasteiger charge is -2.33. The van der Waals surface area contributed by atoms with Gasteiger partial charge in [0.15, 0.2) is 5.96 Å². The van der Waals surface area contributed by atoms with E-state index in [0.29, 0.717) is 19.0 Å². The summed E-state index contributed by atoms with van der Waals surface area (Å²) in [6.45, 7) is 8.98. The molecular formula is C19H34IN5O. The molecule has 1 aromatic rings. The average Bonchev–Trinajstić information content (AvgIpc) is 2.63. The van der Waals surface area contributed by atoms with Crippen LogP contribution in [0.4, 0.5) is 0 Å². The molecule has 1 aliphatic heterocycles. The summed E-state index contributed by atoms with van der Waals surface area (Å²) in [4.78, 5) is 11.1. The Hall–Kier alpha value is -1.09. The van der Waals surface area contributed by atoms with Crippen LogP contribution in [0.1, 0.15) is 45.1 Å². The Balaban J connectivity index is 0.00000338. The molecule has 1 saturated heterocycles. The fraction of sp³-hybridized carbons (Fsp3) is 0.684. The van der Waals surface area contributed by atoms with Crippen LogP contribution in [-0.2, 0) is 6.54 Å². The fourth-order valence-corrected chi connectivity index (χ4v) is 3.17. The molecule has 1 atom stereocenters. The van der Waals surface area contributed by atoms with Crippen LogP contribution in [0.5, 0.6) is 5.88 Å². The summed E-state index contributed by atoms with van der Waals surface area (Å²) in [5.41, 5.74) is 1.13. The summed E-state index contributed by atoms with van der Waals surface area (Å²) in [7, 11) is 1.81. The Bertz CT molecular complexity index is 540. The number of hydrogen-bond acceptors (Lipinski definition) is 4. The molecule has 0 aromatic carbocycles. The lowest BCUT2D eigenvalue weighted by molar-refractivity contribution is 0.159. The Labute approximate surface area is 175 Å². The van der Waals surface area contributed by atoms with Crippen molar-refractivity contribution in [2.75, 3.05) is 33.3 Å². The van der Waals surface area contributed by atoms with Gasteiger partial charge in [0.2, 0.25) is 5.88 Å². The molecule has 6 nitrogen and oxygen atoms in total. The van der Waals surface area contributed by atoms with Crippen LogP contribution in [0.2, 0.25) is 0 Å². The second-order valence-electron chi connectivity index (χ2n) is 6.52. The van der Waals surface area contributed by atoms with Gasteiger partial charge in [-0.05, 0) is 51.3 Å². The Morgan fingerprint density at radius 1 is 1.38 bits per heavy atom. The average molecular weight is 475 g/mol.